The van der Waals surface area contributed by atoms with Crippen molar-refractivity contribution in [3.63, 3.8) is 0 Å². The van der Waals surface area contributed by atoms with E-state index in [-0.39, 0.29) is 0 Å². The average molecular weight is 229 g/mol. The molecule has 1 unspecified atom stereocenters. The lowest BCUT2D eigenvalue weighted by molar-refractivity contribution is -0.144. The van der Waals surface area contributed by atoms with E-state index in [0.717, 1.165) is 12.8 Å². The zero-order chi connectivity index (χ0) is 10.5. The standard InChI is InChI=1S/C8H14Cl2O3/c1-3-4-5-6(11)8(9,10)7(12)13-2/h6,11H,3-5H2,1-2H3. The van der Waals surface area contributed by atoms with Gasteiger partial charge in [-0.1, -0.05) is 43.0 Å². The summed E-state index contributed by atoms with van der Waals surface area (Å²) in [4.78, 5) is 11.0. The maximum atomic E-state index is 11.0. The molecule has 78 valence electrons. The molecular formula is C8H14Cl2O3. The van der Waals surface area contributed by atoms with Gasteiger partial charge in [0.05, 0.1) is 13.2 Å². The van der Waals surface area contributed by atoms with Crippen molar-refractivity contribution in [1.82, 2.24) is 0 Å². The zero-order valence-corrected chi connectivity index (χ0v) is 9.23. The molecule has 0 aliphatic rings. The third kappa shape index (κ3) is 3.71. The first kappa shape index (κ1) is 13.0. The molecule has 1 atom stereocenters. The summed E-state index contributed by atoms with van der Waals surface area (Å²) in [7, 11) is 1.17. The molecule has 0 spiro atoms. The minimum Gasteiger partial charge on any atom is -0.467 e. The normalized spacial score (nSPS) is 13.9. The molecular weight excluding hydrogens is 215 g/mol. The van der Waals surface area contributed by atoms with Gasteiger partial charge >= 0.3 is 5.97 Å². The number of halogens is 2. The van der Waals surface area contributed by atoms with Crippen LogP contribution in [0.2, 0.25) is 0 Å². The molecule has 5 heteroatoms. The topological polar surface area (TPSA) is 46.5 Å². The van der Waals surface area contributed by atoms with Crippen molar-refractivity contribution in [3.05, 3.63) is 0 Å². The SMILES string of the molecule is CCCCC(O)C(Cl)(Cl)C(=O)OC. The number of aliphatic hydroxyl groups is 1. The van der Waals surface area contributed by atoms with Crippen LogP contribution in [0.15, 0.2) is 0 Å². The summed E-state index contributed by atoms with van der Waals surface area (Å²) in [5.74, 6) is -0.820. The lowest BCUT2D eigenvalue weighted by Gasteiger charge is -2.22. The van der Waals surface area contributed by atoms with Crippen molar-refractivity contribution in [2.75, 3.05) is 7.11 Å². The maximum Gasteiger partial charge on any atom is 0.345 e. The van der Waals surface area contributed by atoms with Gasteiger partial charge in [0.15, 0.2) is 0 Å². The molecule has 0 saturated carbocycles. The number of rotatable bonds is 5. The zero-order valence-electron chi connectivity index (χ0n) is 7.72. The summed E-state index contributed by atoms with van der Waals surface area (Å²) in [5.41, 5.74) is 0. The minimum atomic E-state index is -1.84. The van der Waals surface area contributed by atoms with E-state index in [2.05, 4.69) is 4.74 Å². The Hall–Kier alpha value is 0.01000. The predicted octanol–water partition coefficient (Wildman–Crippen LogP) is 1.88. The number of unbranched alkanes of at least 4 members (excludes halogenated alkanes) is 1. The molecule has 0 fully saturated rings. The number of aliphatic hydroxyl groups excluding tert-OH is 1. The van der Waals surface area contributed by atoms with Crippen LogP contribution in [0, 0.1) is 0 Å². The highest BCUT2D eigenvalue weighted by Gasteiger charge is 2.42. The van der Waals surface area contributed by atoms with E-state index < -0.39 is 16.4 Å². The number of hydrogen-bond donors (Lipinski definition) is 1. The van der Waals surface area contributed by atoms with Gasteiger partial charge in [0.25, 0.3) is 0 Å². The van der Waals surface area contributed by atoms with Gasteiger partial charge in [-0.25, -0.2) is 4.79 Å². The van der Waals surface area contributed by atoms with Crippen LogP contribution in [0.3, 0.4) is 0 Å². The molecule has 0 rings (SSSR count). The van der Waals surface area contributed by atoms with E-state index in [1.54, 1.807) is 0 Å². The fraction of sp³-hybridized carbons (Fsp3) is 0.875. The minimum absolute atomic E-state index is 0.387. The van der Waals surface area contributed by atoms with Crippen LogP contribution >= 0.6 is 23.2 Å². The molecule has 0 aromatic heterocycles. The first-order chi connectivity index (χ1) is 5.96. The Balaban J connectivity index is 4.17. The number of carbonyl (C=O) groups is 1. The van der Waals surface area contributed by atoms with E-state index in [9.17, 15) is 9.90 Å². The van der Waals surface area contributed by atoms with E-state index >= 15 is 0 Å². The summed E-state index contributed by atoms with van der Waals surface area (Å²) < 4.78 is 2.51. The van der Waals surface area contributed by atoms with Gasteiger partial charge in [0.2, 0.25) is 4.33 Å². The van der Waals surface area contributed by atoms with Crippen LogP contribution in [0.25, 0.3) is 0 Å². The summed E-state index contributed by atoms with van der Waals surface area (Å²) in [6, 6.07) is 0. The molecule has 0 saturated heterocycles. The number of methoxy groups -OCH3 is 1. The van der Waals surface area contributed by atoms with Crippen LogP contribution < -0.4 is 0 Å². The van der Waals surface area contributed by atoms with Crippen LogP contribution in [-0.2, 0) is 9.53 Å². The number of carbonyl (C=O) groups excluding carboxylic acids is 1. The maximum absolute atomic E-state index is 11.0. The third-order valence-electron chi connectivity index (χ3n) is 1.71. The van der Waals surface area contributed by atoms with E-state index in [1.807, 2.05) is 6.92 Å². The van der Waals surface area contributed by atoms with Crippen LogP contribution in [0.1, 0.15) is 26.2 Å². The number of ether oxygens (including phenoxy) is 1. The first-order valence-electron chi connectivity index (χ1n) is 4.11. The Kier molecular flexibility index (Phi) is 5.68. The predicted molar refractivity (Wildman–Crippen MR) is 52.0 cm³/mol. The second-order valence-electron chi connectivity index (χ2n) is 2.77. The van der Waals surface area contributed by atoms with Crippen LogP contribution in [0.5, 0.6) is 0 Å². The molecule has 0 amide bonds. The molecule has 13 heavy (non-hydrogen) atoms. The Morgan fingerprint density at radius 1 is 1.62 bits per heavy atom. The van der Waals surface area contributed by atoms with Crippen molar-refractivity contribution >= 4 is 29.2 Å². The summed E-state index contributed by atoms with van der Waals surface area (Å²) in [6.07, 6.45) is 0.975. The van der Waals surface area contributed by atoms with Crippen molar-refractivity contribution < 1.29 is 14.6 Å². The monoisotopic (exact) mass is 228 g/mol. The van der Waals surface area contributed by atoms with Gasteiger partial charge in [-0.05, 0) is 6.42 Å². The second kappa shape index (κ2) is 5.68. The molecule has 0 aromatic rings. The Labute approximate surface area is 88.0 Å². The van der Waals surface area contributed by atoms with Crippen molar-refractivity contribution in [2.24, 2.45) is 0 Å². The van der Waals surface area contributed by atoms with Gasteiger partial charge in [0.1, 0.15) is 0 Å². The van der Waals surface area contributed by atoms with Gasteiger partial charge in [0, 0.05) is 0 Å². The first-order valence-corrected chi connectivity index (χ1v) is 4.86. The number of alkyl halides is 2. The molecule has 0 bridgehead atoms. The largest absolute Gasteiger partial charge is 0.467 e. The highest BCUT2D eigenvalue weighted by Crippen LogP contribution is 2.29. The summed E-state index contributed by atoms with van der Waals surface area (Å²) >= 11 is 11.2. The Morgan fingerprint density at radius 3 is 2.54 bits per heavy atom. The number of hydrogen-bond acceptors (Lipinski definition) is 3. The quantitative estimate of drug-likeness (QED) is 0.578. The molecule has 1 N–H and O–H groups in total. The van der Waals surface area contributed by atoms with Crippen molar-refractivity contribution in [3.8, 4) is 0 Å². The smallest absolute Gasteiger partial charge is 0.345 e. The lowest BCUT2D eigenvalue weighted by atomic mass is 10.1. The van der Waals surface area contributed by atoms with Gasteiger partial charge in [-0.3, -0.25) is 0 Å². The van der Waals surface area contributed by atoms with Gasteiger partial charge < -0.3 is 9.84 Å². The molecule has 3 nitrogen and oxygen atoms in total. The molecule has 0 aromatic carbocycles. The van der Waals surface area contributed by atoms with Gasteiger partial charge in [-0.2, -0.15) is 0 Å². The fourth-order valence-corrected chi connectivity index (χ4v) is 1.22. The molecule has 0 radical (unpaired) electrons. The Morgan fingerprint density at radius 2 is 2.15 bits per heavy atom. The van der Waals surface area contributed by atoms with Gasteiger partial charge in [-0.15, -0.1) is 0 Å². The molecule has 0 aliphatic heterocycles. The van der Waals surface area contributed by atoms with Crippen molar-refractivity contribution in [1.29, 1.82) is 0 Å². The highest BCUT2D eigenvalue weighted by molar-refractivity contribution is 6.58. The molecule has 0 aliphatic carbocycles. The van der Waals surface area contributed by atoms with E-state index in [4.69, 9.17) is 23.2 Å². The second-order valence-corrected chi connectivity index (χ2v) is 4.16. The average Bonchev–Trinajstić information content (AvgIpc) is 2.12. The lowest BCUT2D eigenvalue weighted by Crippen LogP contribution is -2.40. The van der Waals surface area contributed by atoms with E-state index in [0.29, 0.717) is 6.42 Å². The third-order valence-corrected chi connectivity index (χ3v) is 2.52. The van der Waals surface area contributed by atoms with Crippen LogP contribution in [-0.4, -0.2) is 28.6 Å². The van der Waals surface area contributed by atoms with Crippen LogP contribution in [0.4, 0.5) is 0 Å². The van der Waals surface area contributed by atoms with E-state index in [1.165, 1.54) is 7.11 Å². The Bertz CT molecular complexity index is 171. The number of esters is 1. The summed E-state index contributed by atoms with van der Waals surface area (Å²) in [6.45, 7) is 1.97. The van der Waals surface area contributed by atoms with Crippen molar-refractivity contribution in [2.45, 2.75) is 36.6 Å². The summed E-state index contributed by atoms with van der Waals surface area (Å²) in [5, 5.41) is 9.44. The fourth-order valence-electron chi connectivity index (χ4n) is 0.851. The molecule has 0 heterocycles. The highest BCUT2D eigenvalue weighted by atomic mass is 35.5.